The first kappa shape index (κ1) is 9.28. The summed E-state index contributed by atoms with van der Waals surface area (Å²) < 4.78 is 5.39. The van der Waals surface area contributed by atoms with Crippen LogP contribution in [0.1, 0.15) is 13.3 Å². The summed E-state index contributed by atoms with van der Waals surface area (Å²) in [6, 6.07) is -0.225. The van der Waals surface area contributed by atoms with Crippen molar-refractivity contribution in [3.63, 3.8) is 0 Å². The molecule has 0 aromatic heterocycles. The van der Waals surface area contributed by atoms with Crippen LogP contribution in [0.2, 0.25) is 0 Å². The number of urea groups is 1. The van der Waals surface area contributed by atoms with E-state index >= 15 is 0 Å². The molecule has 2 amide bonds. The van der Waals surface area contributed by atoms with Gasteiger partial charge in [-0.2, -0.15) is 0 Å². The van der Waals surface area contributed by atoms with Crippen molar-refractivity contribution < 1.29 is 9.53 Å². The van der Waals surface area contributed by atoms with Gasteiger partial charge in [0.05, 0.1) is 12.7 Å². The number of amides is 2. The van der Waals surface area contributed by atoms with Crippen molar-refractivity contribution in [2.24, 2.45) is 5.84 Å². The summed E-state index contributed by atoms with van der Waals surface area (Å²) in [5, 5.41) is 0. The lowest BCUT2D eigenvalue weighted by atomic mass is 10.2. The Morgan fingerprint density at radius 1 is 1.83 bits per heavy atom. The molecule has 0 aromatic rings. The molecule has 0 bridgehead atoms. The van der Waals surface area contributed by atoms with E-state index in [1.165, 1.54) is 0 Å². The second-order valence-electron chi connectivity index (χ2n) is 2.80. The van der Waals surface area contributed by atoms with Crippen molar-refractivity contribution in [2.75, 3.05) is 19.7 Å². The molecule has 5 heteroatoms. The quantitative estimate of drug-likeness (QED) is 0.324. The normalized spacial score (nSPS) is 23.8. The zero-order valence-electron chi connectivity index (χ0n) is 7.25. The molecule has 1 heterocycles. The van der Waals surface area contributed by atoms with E-state index in [0.29, 0.717) is 19.7 Å². The summed E-state index contributed by atoms with van der Waals surface area (Å²) in [6.07, 6.45) is 1.09. The van der Waals surface area contributed by atoms with Crippen LogP contribution in [0.5, 0.6) is 0 Å². The van der Waals surface area contributed by atoms with Crippen LogP contribution in [-0.4, -0.2) is 36.7 Å². The van der Waals surface area contributed by atoms with E-state index in [0.717, 1.165) is 6.42 Å². The molecule has 0 aliphatic carbocycles. The average molecular weight is 173 g/mol. The summed E-state index contributed by atoms with van der Waals surface area (Å²) in [7, 11) is 0. The fourth-order valence-corrected chi connectivity index (χ4v) is 1.24. The fraction of sp³-hybridized carbons (Fsp3) is 0.857. The number of morpholine rings is 1. The SMILES string of the molecule is CCC1CN(C(=O)NN)CCO1. The number of rotatable bonds is 1. The first-order chi connectivity index (χ1) is 5.77. The molecule has 1 saturated heterocycles. The minimum Gasteiger partial charge on any atom is -0.375 e. The molecule has 70 valence electrons. The third kappa shape index (κ3) is 2.09. The topological polar surface area (TPSA) is 67.6 Å². The Morgan fingerprint density at radius 2 is 2.58 bits per heavy atom. The molecule has 1 unspecified atom stereocenters. The van der Waals surface area contributed by atoms with E-state index in [9.17, 15) is 4.79 Å². The first-order valence-corrected chi connectivity index (χ1v) is 4.15. The van der Waals surface area contributed by atoms with Gasteiger partial charge in [0.15, 0.2) is 0 Å². The molecule has 3 N–H and O–H groups in total. The lowest BCUT2D eigenvalue weighted by molar-refractivity contribution is -0.0153. The van der Waals surface area contributed by atoms with Crippen LogP contribution < -0.4 is 11.3 Å². The molecule has 12 heavy (non-hydrogen) atoms. The van der Waals surface area contributed by atoms with E-state index < -0.39 is 0 Å². The maximum Gasteiger partial charge on any atom is 0.331 e. The Balaban J connectivity index is 2.40. The number of hydrogen-bond acceptors (Lipinski definition) is 3. The van der Waals surface area contributed by atoms with Crippen molar-refractivity contribution in [3.8, 4) is 0 Å². The van der Waals surface area contributed by atoms with Crippen LogP contribution in [0, 0.1) is 0 Å². The molecular formula is C7H15N3O2. The third-order valence-electron chi connectivity index (χ3n) is 2.00. The summed E-state index contributed by atoms with van der Waals surface area (Å²) in [5.74, 6) is 5.01. The smallest absolute Gasteiger partial charge is 0.331 e. The summed E-state index contributed by atoms with van der Waals surface area (Å²) in [4.78, 5) is 12.7. The summed E-state index contributed by atoms with van der Waals surface area (Å²) in [5.41, 5.74) is 2.11. The highest BCUT2D eigenvalue weighted by molar-refractivity contribution is 5.73. The molecule has 1 atom stereocenters. The van der Waals surface area contributed by atoms with Gasteiger partial charge in [-0.1, -0.05) is 6.92 Å². The van der Waals surface area contributed by atoms with Crippen LogP contribution in [0.4, 0.5) is 4.79 Å². The molecule has 1 aliphatic heterocycles. The van der Waals surface area contributed by atoms with Gasteiger partial charge < -0.3 is 9.64 Å². The molecular weight excluding hydrogens is 158 g/mol. The maximum atomic E-state index is 11.1. The Labute approximate surface area is 71.8 Å². The summed E-state index contributed by atoms with van der Waals surface area (Å²) >= 11 is 0. The van der Waals surface area contributed by atoms with E-state index in [1.807, 2.05) is 6.92 Å². The molecule has 0 spiro atoms. The second kappa shape index (κ2) is 4.27. The zero-order valence-corrected chi connectivity index (χ0v) is 7.25. The van der Waals surface area contributed by atoms with Gasteiger partial charge in [-0.15, -0.1) is 0 Å². The highest BCUT2D eigenvalue weighted by Crippen LogP contribution is 2.07. The Bertz CT molecular complexity index is 163. The standard InChI is InChI=1S/C7H15N3O2/c1-2-6-5-10(3-4-12-6)7(11)9-8/h6H,2-5,8H2,1H3,(H,9,11). The van der Waals surface area contributed by atoms with Crippen molar-refractivity contribution in [3.05, 3.63) is 0 Å². The molecule has 0 radical (unpaired) electrons. The monoisotopic (exact) mass is 173 g/mol. The fourth-order valence-electron chi connectivity index (χ4n) is 1.24. The first-order valence-electron chi connectivity index (χ1n) is 4.15. The van der Waals surface area contributed by atoms with Crippen LogP contribution in [0.15, 0.2) is 0 Å². The van der Waals surface area contributed by atoms with E-state index in [2.05, 4.69) is 5.43 Å². The van der Waals surface area contributed by atoms with Crippen LogP contribution in [0.25, 0.3) is 0 Å². The van der Waals surface area contributed by atoms with Crippen LogP contribution in [0.3, 0.4) is 0 Å². The van der Waals surface area contributed by atoms with Gasteiger partial charge in [-0.25, -0.2) is 10.6 Å². The summed E-state index contributed by atoms with van der Waals surface area (Å²) in [6.45, 7) is 3.90. The predicted octanol–water partition coefficient (Wildman–Crippen LogP) is -0.319. The zero-order chi connectivity index (χ0) is 8.97. The van der Waals surface area contributed by atoms with E-state index in [4.69, 9.17) is 10.6 Å². The lowest BCUT2D eigenvalue weighted by Crippen LogP contribution is -2.51. The van der Waals surface area contributed by atoms with Crippen molar-refractivity contribution in [1.29, 1.82) is 0 Å². The lowest BCUT2D eigenvalue weighted by Gasteiger charge is -2.31. The molecule has 1 fully saturated rings. The minimum absolute atomic E-state index is 0.163. The number of hydrogen-bond donors (Lipinski definition) is 2. The third-order valence-corrected chi connectivity index (χ3v) is 2.00. The Morgan fingerprint density at radius 3 is 3.17 bits per heavy atom. The minimum atomic E-state index is -0.225. The number of nitrogens with zero attached hydrogens (tertiary/aromatic N) is 1. The van der Waals surface area contributed by atoms with Gasteiger partial charge >= 0.3 is 6.03 Å². The molecule has 5 nitrogen and oxygen atoms in total. The molecule has 1 rings (SSSR count). The van der Waals surface area contributed by atoms with Crippen LogP contribution in [-0.2, 0) is 4.74 Å². The number of nitrogens with one attached hydrogen (secondary N) is 1. The highest BCUT2D eigenvalue weighted by Gasteiger charge is 2.21. The van der Waals surface area contributed by atoms with Crippen molar-refractivity contribution >= 4 is 6.03 Å². The van der Waals surface area contributed by atoms with Crippen molar-refractivity contribution in [2.45, 2.75) is 19.4 Å². The maximum absolute atomic E-state index is 11.1. The van der Waals surface area contributed by atoms with E-state index in [-0.39, 0.29) is 12.1 Å². The Hall–Kier alpha value is -0.810. The van der Waals surface area contributed by atoms with Gasteiger partial charge in [0.2, 0.25) is 0 Å². The number of carbonyl (C=O) groups excluding carboxylic acids is 1. The second-order valence-corrected chi connectivity index (χ2v) is 2.80. The van der Waals surface area contributed by atoms with Gasteiger partial charge in [0.1, 0.15) is 0 Å². The largest absolute Gasteiger partial charge is 0.375 e. The average Bonchev–Trinajstić information content (AvgIpc) is 2.17. The van der Waals surface area contributed by atoms with Gasteiger partial charge in [0, 0.05) is 13.1 Å². The Kier molecular flexibility index (Phi) is 3.31. The molecule has 0 aromatic carbocycles. The van der Waals surface area contributed by atoms with Crippen LogP contribution >= 0.6 is 0 Å². The van der Waals surface area contributed by atoms with Gasteiger partial charge in [-0.3, -0.25) is 5.43 Å². The van der Waals surface area contributed by atoms with Crippen molar-refractivity contribution in [1.82, 2.24) is 10.3 Å². The number of carbonyl (C=O) groups is 1. The molecule has 0 saturated carbocycles. The number of ether oxygens (including phenoxy) is 1. The van der Waals surface area contributed by atoms with E-state index in [1.54, 1.807) is 4.90 Å². The van der Waals surface area contributed by atoms with Gasteiger partial charge in [0.25, 0.3) is 0 Å². The number of nitrogens with two attached hydrogens (primary N) is 1. The molecule has 1 aliphatic rings. The number of hydrazine groups is 1. The predicted molar refractivity (Wildman–Crippen MR) is 44.3 cm³/mol. The van der Waals surface area contributed by atoms with Gasteiger partial charge in [-0.05, 0) is 6.42 Å². The highest BCUT2D eigenvalue weighted by atomic mass is 16.5.